The summed E-state index contributed by atoms with van der Waals surface area (Å²) in [6.07, 6.45) is 4.50. The number of hydrogen-bond donors (Lipinski definition) is 2. The minimum atomic E-state index is -3.55. The van der Waals surface area contributed by atoms with Crippen LogP contribution in [0.2, 0.25) is 0 Å². The summed E-state index contributed by atoms with van der Waals surface area (Å²) in [6, 6.07) is 1.39. The van der Waals surface area contributed by atoms with E-state index in [1.54, 1.807) is 6.92 Å². The molecule has 0 aliphatic heterocycles. The van der Waals surface area contributed by atoms with Gasteiger partial charge in [-0.2, -0.15) is 0 Å². The summed E-state index contributed by atoms with van der Waals surface area (Å²) < 4.78 is 32.3. The maximum Gasteiger partial charge on any atom is 0.244 e. The van der Waals surface area contributed by atoms with Gasteiger partial charge in [0.15, 0.2) is 0 Å². The summed E-state index contributed by atoms with van der Waals surface area (Å²) in [5.74, 6) is 1.77. The zero-order valence-corrected chi connectivity index (χ0v) is 12.9. The van der Waals surface area contributed by atoms with E-state index in [4.69, 9.17) is 9.52 Å². The zero-order chi connectivity index (χ0) is 14.8. The van der Waals surface area contributed by atoms with Crippen molar-refractivity contribution in [3.8, 4) is 0 Å². The molecule has 1 aliphatic carbocycles. The summed E-state index contributed by atoms with van der Waals surface area (Å²) in [6.45, 7) is 4.02. The van der Waals surface area contributed by atoms with Gasteiger partial charge in [-0.15, -0.1) is 0 Å². The summed E-state index contributed by atoms with van der Waals surface area (Å²) in [5.41, 5.74) is 0. The molecule has 2 N–H and O–H groups in total. The molecule has 6 heteroatoms. The van der Waals surface area contributed by atoms with Crippen LogP contribution in [0.15, 0.2) is 15.4 Å². The van der Waals surface area contributed by atoms with E-state index in [-0.39, 0.29) is 17.3 Å². The van der Waals surface area contributed by atoms with E-state index in [0.29, 0.717) is 18.2 Å². The first-order valence-corrected chi connectivity index (χ1v) is 8.60. The van der Waals surface area contributed by atoms with Crippen LogP contribution in [-0.4, -0.2) is 20.1 Å². The van der Waals surface area contributed by atoms with Gasteiger partial charge in [-0.1, -0.05) is 19.8 Å². The molecule has 114 valence electrons. The first-order valence-electron chi connectivity index (χ1n) is 7.12. The molecule has 20 heavy (non-hydrogen) atoms. The molecule has 0 radical (unpaired) electrons. The highest BCUT2D eigenvalue weighted by atomic mass is 32.2. The lowest BCUT2D eigenvalue weighted by Crippen LogP contribution is -2.31. The van der Waals surface area contributed by atoms with Gasteiger partial charge in [0.05, 0.1) is 0 Å². The molecule has 0 unspecified atom stereocenters. The van der Waals surface area contributed by atoms with Crippen molar-refractivity contribution in [3.63, 3.8) is 0 Å². The Balaban J connectivity index is 1.98. The average Bonchev–Trinajstić information content (AvgIpc) is 2.80. The molecule has 1 aromatic rings. The van der Waals surface area contributed by atoms with Crippen LogP contribution in [0, 0.1) is 18.8 Å². The molecule has 0 aromatic carbocycles. The molecular weight excluding hydrogens is 278 g/mol. The van der Waals surface area contributed by atoms with Crippen molar-refractivity contribution in [2.24, 2.45) is 11.8 Å². The molecule has 1 heterocycles. The number of aryl methyl sites for hydroxylation is 1. The molecule has 1 aromatic heterocycles. The molecule has 0 atom stereocenters. The number of rotatable bonds is 5. The molecule has 0 bridgehead atoms. The Bertz CT molecular complexity index is 542. The molecule has 2 rings (SSSR count). The van der Waals surface area contributed by atoms with E-state index in [1.807, 2.05) is 0 Å². The maximum absolute atomic E-state index is 12.2. The number of aliphatic hydroxyl groups excluding tert-OH is 1. The third-order valence-corrected chi connectivity index (χ3v) is 5.60. The molecule has 1 saturated carbocycles. The molecule has 1 fully saturated rings. The van der Waals surface area contributed by atoms with E-state index in [0.717, 1.165) is 18.8 Å². The number of sulfonamides is 1. The van der Waals surface area contributed by atoms with Gasteiger partial charge in [0, 0.05) is 12.6 Å². The summed E-state index contributed by atoms with van der Waals surface area (Å²) >= 11 is 0. The second-order valence-electron chi connectivity index (χ2n) is 5.77. The minimum Gasteiger partial charge on any atom is -0.462 e. The highest BCUT2D eigenvalue weighted by Gasteiger charge is 2.24. The summed E-state index contributed by atoms with van der Waals surface area (Å²) in [4.78, 5) is 0.130. The number of aliphatic hydroxyl groups is 1. The standard InChI is InChI=1S/C14H23NO4S/c1-10-3-5-12(6-4-10)8-15-20(17,18)14-7-13(9-16)19-11(14)2/h7,10,12,15-16H,3-6,8-9H2,1-2H3. The smallest absolute Gasteiger partial charge is 0.244 e. The highest BCUT2D eigenvalue weighted by molar-refractivity contribution is 7.89. The van der Waals surface area contributed by atoms with Gasteiger partial charge in [0.25, 0.3) is 0 Å². The van der Waals surface area contributed by atoms with Crippen LogP contribution in [0.1, 0.15) is 44.1 Å². The summed E-state index contributed by atoms with van der Waals surface area (Å²) in [7, 11) is -3.55. The Morgan fingerprint density at radius 2 is 2.00 bits per heavy atom. The van der Waals surface area contributed by atoms with E-state index < -0.39 is 10.0 Å². The van der Waals surface area contributed by atoms with Crippen LogP contribution in [0.4, 0.5) is 0 Å². The molecular formula is C14H23NO4S. The number of furan rings is 1. The predicted molar refractivity (Wildman–Crippen MR) is 75.7 cm³/mol. The molecule has 5 nitrogen and oxygen atoms in total. The first kappa shape index (κ1) is 15.5. The lowest BCUT2D eigenvalue weighted by Gasteiger charge is -2.26. The van der Waals surface area contributed by atoms with Gasteiger partial charge in [0.2, 0.25) is 10.0 Å². The van der Waals surface area contributed by atoms with Gasteiger partial charge in [-0.05, 0) is 31.6 Å². The fourth-order valence-corrected chi connectivity index (χ4v) is 4.02. The Kier molecular flexibility index (Phi) is 4.88. The van der Waals surface area contributed by atoms with Crippen molar-refractivity contribution in [2.75, 3.05) is 6.54 Å². The SMILES string of the molecule is Cc1oc(CO)cc1S(=O)(=O)NCC1CCC(C)CC1. The van der Waals surface area contributed by atoms with Crippen LogP contribution < -0.4 is 4.72 Å². The van der Waals surface area contributed by atoms with Crippen LogP contribution in [0.5, 0.6) is 0 Å². The Hall–Kier alpha value is -0.850. The first-order chi connectivity index (χ1) is 9.42. The fourth-order valence-electron chi connectivity index (χ4n) is 2.71. The quantitative estimate of drug-likeness (QED) is 0.873. The normalized spacial score (nSPS) is 23.9. The largest absolute Gasteiger partial charge is 0.462 e. The molecule has 1 aliphatic rings. The topological polar surface area (TPSA) is 79.5 Å². The van der Waals surface area contributed by atoms with E-state index in [9.17, 15) is 8.42 Å². The number of hydrogen-bond acceptors (Lipinski definition) is 4. The summed E-state index contributed by atoms with van der Waals surface area (Å²) in [5, 5.41) is 8.99. The van der Waals surface area contributed by atoms with Crippen molar-refractivity contribution in [1.82, 2.24) is 4.72 Å². The molecule has 0 spiro atoms. The zero-order valence-electron chi connectivity index (χ0n) is 12.1. The van der Waals surface area contributed by atoms with Gasteiger partial charge in [0.1, 0.15) is 23.0 Å². The molecule has 0 saturated heterocycles. The van der Waals surface area contributed by atoms with Gasteiger partial charge in [-0.25, -0.2) is 13.1 Å². The lowest BCUT2D eigenvalue weighted by molar-refractivity contribution is 0.244. The Morgan fingerprint density at radius 1 is 1.35 bits per heavy atom. The predicted octanol–water partition coefficient (Wildman–Crippen LogP) is 2.18. The highest BCUT2D eigenvalue weighted by Crippen LogP contribution is 2.28. The van der Waals surface area contributed by atoms with Crippen molar-refractivity contribution >= 4 is 10.0 Å². The van der Waals surface area contributed by atoms with Crippen LogP contribution in [0.3, 0.4) is 0 Å². The van der Waals surface area contributed by atoms with Crippen molar-refractivity contribution in [1.29, 1.82) is 0 Å². The minimum absolute atomic E-state index is 0.130. The van der Waals surface area contributed by atoms with Crippen molar-refractivity contribution in [3.05, 3.63) is 17.6 Å². The van der Waals surface area contributed by atoms with E-state index >= 15 is 0 Å². The van der Waals surface area contributed by atoms with E-state index in [1.165, 1.54) is 18.9 Å². The third kappa shape index (κ3) is 3.62. The maximum atomic E-state index is 12.2. The Morgan fingerprint density at radius 3 is 2.55 bits per heavy atom. The van der Waals surface area contributed by atoms with Gasteiger partial charge in [-0.3, -0.25) is 0 Å². The van der Waals surface area contributed by atoms with Crippen LogP contribution in [-0.2, 0) is 16.6 Å². The monoisotopic (exact) mass is 301 g/mol. The number of nitrogens with one attached hydrogen (secondary N) is 1. The lowest BCUT2D eigenvalue weighted by atomic mass is 9.83. The Labute approximate surface area is 120 Å². The van der Waals surface area contributed by atoms with Gasteiger partial charge >= 0.3 is 0 Å². The van der Waals surface area contributed by atoms with Crippen molar-refractivity contribution < 1.29 is 17.9 Å². The molecule has 0 amide bonds. The van der Waals surface area contributed by atoms with Crippen LogP contribution >= 0.6 is 0 Å². The second-order valence-corrected chi connectivity index (χ2v) is 7.50. The third-order valence-electron chi connectivity index (χ3n) is 4.07. The average molecular weight is 301 g/mol. The van der Waals surface area contributed by atoms with E-state index in [2.05, 4.69) is 11.6 Å². The van der Waals surface area contributed by atoms with Crippen LogP contribution in [0.25, 0.3) is 0 Å². The van der Waals surface area contributed by atoms with Crippen molar-refractivity contribution in [2.45, 2.75) is 51.0 Å². The second kappa shape index (κ2) is 6.28. The fraction of sp³-hybridized carbons (Fsp3) is 0.714. The van der Waals surface area contributed by atoms with Gasteiger partial charge < -0.3 is 9.52 Å².